The summed E-state index contributed by atoms with van der Waals surface area (Å²) in [6.45, 7) is 1.97. The minimum atomic E-state index is -0.146. The Kier molecular flexibility index (Phi) is 4.94. The number of ether oxygens (including phenoxy) is 1. The first kappa shape index (κ1) is 17.0. The third kappa shape index (κ3) is 3.34. The largest absolute Gasteiger partial charge is 0.496 e. The van der Waals surface area contributed by atoms with Crippen LogP contribution in [0.25, 0.3) is 6.08 Å². The summed E-state index contributed by atoms with van der Waals surface area (Å²) in [4.78, 5) is 14.8. The summed E-state index contributed by atoms with van der Waals surface area (Å²) >= 11 is 12.7. The number of anilines is 1. The Balaban J connectivity index is 1.94. The lowest BCUT2D eigenvalue weighted by molar-refractivity contribution is -0.113. The fourth-order valence-corrected chi connectivity index (χ4v) is 3.87. The van der Waals surface area contributed by atoms with Crippen molar-refractivity contribution >= 4 is 57.6 Å². The molecule has 3 rings (SSSR count). The molecule has 1 saturated heterocycles. The molecule has 3 nitrogen and oxygen atoms in total. The van der Waals surface area contributed by atoms with Crippen LogP contribution in [0.1, 0.15) is 11.1 Å². The number of amides is 1. The number of rotatable bonds is 3. The number of hydrogen-bond donors (Lipinski definition) is 0. The van der Waals surface area contributed by atoms with Gasteiger partial charge in [-0.25, -0.2) is 0 Å². The average Bonchev–Trinajstić information content (AvgIpc) is 2.83. The molecule has 1 fully saturated rings. The normalized spacial score (nSPS) is 16.1. The highest BCUT2D eigenvalue weighted by molar-refractivity contribution is 8.27. The van der Waals surface area contributed by atoms with Gasteiger partial charge in [-0.15, -0.1) is 0 Å². The van der Waals surface area contributed by atoms with Crippen molar-refractivity contribution in [2.75, 3.05) is 12.0 Å². The van der Waals surface area contributed by atoms with E-state index in [4.69, 9.17) is 28.6 Å². The highest BCUT2D eigenvalue weighted by Crippen LogP contribution is 2.37. The number of nitrogens with zero attached hydrogens (tertiary/aromatic N) is 1. The first-order valence-corrected chi connectivity index (χ1v) is 8.78. The van der Waals surface area contributed by atoms with E-state index in [1.807, 2.05) is 37.3 Å². The molecule has 1 aliphatic rings. The van der Waals surface area contributed by atoms with Crippen molar-refractivity contribution < 1.29 is 9.53 Å². The molecule has 0 radical (unpaired) electrons. The van der Waals surface area contributed by atoms with E-state index in [0.29, 0.717) is 19.9 Å². The lowest BCUT2D eigenvalue weighted by Gasteiger charge is -2.14. The Morgan fingerprint density at radius 1 is 1.25 bits per heavy atom. The second-order valence-electron chi connectivity index (χ2n) is 5.23. The van der Waals surface area contributed by atoms with Crippen LogP contribution in [0.15, 0.2) is 47.4 Å². The summed E-state index contributed by atoms with van der Waals surface area (Å²) in [5.74, 6) is 0.640. The van der Waals surface area contributed by atoms with Crippen molar-refractivity contribution in [3.8, 4) is 5.75 Å². The Bertz CT molecular complexity index is 864. The van der Waals surface area contributed by atoms with Crippen LogP contribution < -0.4 is 9.64 Å². The second-order valence-corrected chi connectivity index (χ2v) is 7.34. The molecule has 0 aromatic heterocycles. The minimum Gasteiger partial charge on any atom is -0.496 e. The van der Waals surface area contributed by atoms with Crippen molar-refractivity contribution in [1.82, 2.24) is 0 Å². The maximum Gasteiger partial charge on any atom is 0.270 e. The summed E-state index contributed by atoms with van der Waals surface area (Å²) < 4.78 is 5.82. The van der Waals surface area contributed by atoms with Gasteiger partial charge in [0, 0.05) is 5.02 Å². The molecule has 6 heteroatoms. The molecule has 0 unspecified atom stereocenters. The van der Waals surface area contributed by atoms with Gasteiger partial charge in [0.1, 0.15) is 5.75 Å². The van der Waals surface area contributed by atoms with Crippen LogP contribution in [0.4, 0.5) is 5.69 Å². The van der Waals surface area contributed by atoms with Gasteiger partial charge in [0.2, 0.25) is 0 Å². The highest BCUT2D eigenvalue weighted by Gasteiger charge is 2.33. The predicted molar refractivity (Wildman–Crippen MR) is 105 cm³/mol. The zero-order valence-corrected chi connectivity index (χ0v) is 15.5. The molecule has 0 atom stereocenters. The van der Waals surface area contributed by atoms with Crippen molar-refractivity contribution in [2.24, 2.45) is 0 Å². The minimum absolute atomic E-state index is 0.146. The van der Waals surface area contributed by atoms with Gasteiger partial charge in [0.25, 0.3) is 5.91 Å². The van der Waals surface area contributed by atoms with E-state index >= 15 is 0 Å². The van der Waals surface area contributed by atoms with E-state index in [1.165, 1.54) is 16.7 Å². The van der Waals surface area contributed by atoms with Crippen LogP contribution in [0.3, 0.4) is 0 Å². The van der Waals surface area contributed by atoms with E-state index in [-0.39, 0.29) is 5.91 Å². The zero-order chi connectivity index (χ0) is 17.3. The maximum absolute atomic E-state index is 12.7. The van der Waals surface area contributed by atoms with E-state index in [2.05, 4.69) is 0 Å². The quantitative estimate of drug-likeness (QED) is 0.553. The summed E-state index contributed by atoms with van der Waals surface area (Å²) in [7, 11) is 1.63. The second kappa shape index (κ2) is 6.97. The topological polar surface area (TPSA) is 29.5 Å². The molecule has 122 valence electrons. The van der Waals surface area contributed by atoms with Crippen molar-refractivity contribution in [1.29, 1.82) is 0 Å². The summed E-state index contributed by atoms with van der Waals surface area (Å²) in [5, 5.41) is 0.564. The van der Waals surface area contributed by atoms with Crippen molar-refractivity contribution in [3.63, 3.8) is 0 Å². The molecule has 2 aromatic rings. The Labute approximate surface area is 155 Å². The third-order valence-corrected chi connectivity index (χ3v) is 5.13. The fourth-order valence-electron chi connectivity index (χ4n) is 2.38. The molecular formula is C18H14ClNO2S2. The van der Waals surface area contributed by atoms with Crippen LogP contribution in [-0.4, -0.2) is 17.3 Å². The predicted octanol–water partition coefficient (Wildman–Crippen LogP) is 5.06. The van der Waals surface area contributed by atoms with Gasteiger partial charge in [0.15, 0.2) is 4.32 Å². The highest BCUT2D eigenvalue weighted by atomic mass is 35.5. The van der Waals surface area contributed by atoms with E-state index in [9.17, 15) is 4.79 Å². The first-order chi connectivity index (χ1) is 11.5. The molecule has 0 spiro atoms. The van der Waals surface area contributed by atoms with E-state index < -0.39 is 0 Å². The summed E-state index contributed by atoms with van der Waals surface area (Å²) in [6, 6.07) is 12.9. The van der Waals surface area contributed by atoms with Gasteiger partial charge in [0.05, 0.1) is 17.7 Å². The summed E-state index contributed by atoms with van der Waals surface area (Å²) in [6.07, 6.45) is 1.83. The average molecular weight is 376 g/mol. The van der Waals surface area contributed by atoms with E-state index in [0.717, 1.165) is 16.9 Å². The number of thiocarbonyl (C=S) groups is 1. The molecule has 0 bridgehead atoms. The number of carbonyl (C=O) groups is 1. The van der Waals surface area contributed by atoms with Crippen LogP contribution in [0, 0.1) is 6.92 Å². The first-order valence-electron chi connectivity index (χ1n) is 7.18. The SMILES string of the molecule is COc1cc(/C=C2\SC(=S)N(c3cccc(Cl)c3)C2=O)ccc1C. The zero-order valence-electron chi connectivity index (χ0n) is 13.1. The molecule has 2 aromatic carbocycles. The standard InChI is InChI=1S/C18H14ClNO2S2/c1-11-6-7-12(8-15(11)22-2)9-16-17(21)20(18(23)24-16)14-5-3-4-13(19)10-14/h3-10H,1-2H3/b16-9-. The van der Waals surface area contributed by atoms with Crippen molar-refractivity contribution in [2.45, 2.75) is 6.92 Å². The molecule has 0 aliphatic carbocycles. The Morgan fingerprint density at radius 3 is 2.75 bits per heavy atom. The number of benzene rings is 2. The van der Waals surface area contributed by atoms with Gasteiger partial charge in [-0.2, -0.15) is 0 Å². The Hall–Kier alpha value is -1.82. The van der Waals surface area contributed by atoms with Crippen LogP contribution in [0.5, 0.6) is 5.75 Å². The summed E-state index contributed by atoms with van der Waals surface area (Å²) in [5.41, 5.74) is 2.61. The van der Waals surface area contributed by atoms with Gasteiger partial charge < -0.3 is 4.74 Å². The number of aryl methyl sites for hydroxylation is 1. The molecule has 0 saturated carbocycles. The molecule has 1 aliphatic heterocycles. The third-order valence-electron chi connectivity index (χ3n) is 3.59. The number of hydrogen-bond acceptors (Lipinski definition) is 4. The monoisotopic (exact) mass is 375 g/mol. The number of halogens is 1. The molecule has 24 heavy (non-hydrogen) atoms. The van der Waals surface area contributed by atoms with Crippen LogP contribution >= 0.6 is 35.6 Å². The van der Waals surface area contributed by atoms with Crippen LogP contribution in [0.2, 0.25) is 5.02 Å². The van der Waals surface area contributed by atoms with Gasteiger partial charge in [-0.3, -0.25) is 9.69 Å². The lowest BCUT2D eigenvalue weighted by Crippen LogP contribution is -2.27. The smallest absolute Gasteiger partial charge is 0.270 e. The lowest BCUT2D eigenvalue weighted by atomic mass is 10.1. The Morgan fingerprint density at radius 2 is 2.04 bits per heavy atom. The van der Waals surface area contributed by atoms with E-state index in [1.54, 1.807) is 25.3 Å². The van der Waals surface area contributed by atoms with Crippen LogP contribution in [-0.2, 0) is 4.79 Å². The van der Waals surface area contributed by atoms with Gasteiger partial charge >= 0.3 is 0 Å². The fraction of sp³-hybridized carbons (Fsp3) is 0.111. The number of methoxy groups -OCH3 is 1. The number of carbonyl (C=O) groups excluding carboxylic acids is 1. The number of thioether (sulfide) groups is 1. The maximum atomic E-state index is 12.7. The molecule has 1 heterocycles. The molecular weight excluding hydrogens is 362 g/mol. The van der Waals surface area contributed by atoms with Crippen molar-refractivity contribution in [3.05, 3.63) is 63.5 Å². The van der Waals surface area contributed by atoms with Gasteiger partial charge in [-0.05, 0) is 48.4 Å². The molecule has 1 amide bonds. The van der Waals surface area contributed by atoms with Gasteiger partial charge in [-0.1, -0.05) is 53.8 Å². The molecule has 0 N–H and O–H groups in total.